The molecule has 0 bridgehead atoms. The predicted octanol–water partition coefficient (Wildman–Crippen LogP) is 1.34. The average Bonchev–Trinajstić information content (AvgIpc) is 3.37. The van der Waals surface area contributed by atoms with Crippen molar-refractivity contribution in [1.29, 1.82) is 0 Å². The van der Waals surface area contributed by atoms with Gasteiger partial charge in [0.25, 0.3) is 0 Å². The molecule has 1 heterocycles. The van der Waals surface area contributed by atoms with Gasteiger partial charge in [-0.2, -0.15) is 0 Å². The summed E-state index contributed by atoms with van der Waals surface area (Å²) in [6.07, 6.45) is 1.31. The van der Waals surface area contributed by atoms with Gasteiger partial charge in [-0.05, 0) is 31.9 Å². The second kappa shape index (κ2) is 6.74. The Morgan fingerprint density at radius 3 is 2.04 bits per heavy atom. The molecule has 3 rings (SSSR count). The summed E-state index contributed by atoms with van der Waals surface area (Å²) in [5.74, 6) is -0.0152. The molecule has 0 radical (unpaired) electrons. The van der Waals surface area contributed by atoms with Gasteiger partial charge in [0.2, 0.25) is 11.8 Å². The fraction of sp³-hybridized carbons (Fsp3) is 0.500. The van der Waals surface area contributed by atoms with Crippen LogP contribution in [0.25, 0.3) is 0 Å². The van der Waals surface area contributed by atoms with Crippen LogP contribution in [-0.4, -0.2) is 59.4 Å². The van der Waals surface area contributed by atoms with Crippen LogP contribution in [0.5, 0.6) is 0 Å². The van der Waals surface area contributed by atoms with Gasteiger partial charge in [0, 0.05) is 38.8 Å². The van der Waals surface area contributed by atoms with Gasteiger partial charge >= 0.3 is 6.03 Å². The Bertz CT molecular complexity index is 674. The second-order valence-corrected chi connectivity index (χ2v) is 6.83. The molecular weight excluding hydrogens is 320 g/mol. The second-order valence-electron chi connectivity index (χ2n) is 6.83. The van der Waals surface area contributed by atoms with Crippen LogP contribution in [-0.2, 0) is 9.59 Å². The first-order valence-electron chi connectivity index (χ1n) is 8.60. The van der Waals surface area contributed by atoms with Crippen molar-refractivity contribution in [3.8, 4) is 0 Å². The van der Waals surface area contributed by atoms with Crippen LogP contribution in [0, 0.1) is 6.92 Å². The number of carbonyl (C=O) groups is 3. The normalized spacial score (nSPS) is 18.5. The largest absolute Gasteiger partial charge is 0.339 e. The first-order chi connectivity index (χ1) is 11.9. The summed E-state index contributed by atoms with van der Waals surface area (Å²) < 4.78 is 0. The Morgan fingerprint density at radius 2 is 1.52 bits per heavy atom. The van der Waals surface area contributed by atoms with Crippen molar-refractivity contribution < 1.29 is 14.4 Å². The van der Waals surface area contributed by atoms with Crippen LogP contribution in [0.1, 0.15) is 25.3 Å². The predicted molar refractivity (Wildman–Crippen MR) is 94.1 cm³/mol. The van der Waals surface area contributed by atoms with E-state index in [2.05, 4.69) is 10.6 Å². The minimum atomic E-state index is -0.785. The highest BCUT2D eigenvalue weighted by molar-refractivity contribution is 5.98. The molecule has 1 aromatic carbocycles. The molecule has 1 saturated heterocycles. The van der Waals surface area contributed by atoms with E-state index in [1.54, 1.807) is 9.80 Å². The molecule has 0 unspecified atom stereocenters. The van der Waals surface area contributed by atoms with Crippen molar-refractivity contribution in [3.63, 3.8) is 0 Å². The van der Waals surface area contributed by atoms with E-state index in [1.165, 1.54) is 6.92 Å². The molecule has 7 nitrogen and oxygen atoms in total. The number of nitrogens with one attached hydrogen (secondary N) is 2. The summed E-state index contributed by atoms with van der Waals surface area (Å²) in [4.78, 5) is 39.9. The lowest BCUT2D eigenvalue weighted by Crippen LogP contribution is -2.57. The van der Waals surface area contributed by atoms with Gasteiger partial charge < -0.3 is 20.4 Å². The van der Waals surface area contributed by atoms with E-state index in [0.29, 0.717) is 44.7 Å². The quantitative estimate of drug-likeness (QED) is 0.868. The van der Waals surface area contributed by atoms with Crippen LogP contribution < -0.4 is 10.6 Å². The van der Waals surface area contributed by atoms with E-state index in [-0.39, 0.29) is 17.8 Å². The number of hydrogen-bond acceptors (Lipinski definition) is 3. The number of aryl methyl sites for hydroxylation is 1. The van der Waals surface area contributed by atoms with Gasteiger partial charge in [-0.25, -0.2) is 4.79 Å². The molecule has 0 atom stereocenters. The highest BCUT2D eigenvalue weighted by Gasteiger charge is 2.53. The number of amides is 4. The molecular formula is C18H24N4O3. The maximum atomic E-state index is 12.8. The van der Waals surface area contributed by atoms with E-state index in [4.69, 9.17) is 0 Å². The number of piperazine rings is 1. The molecule has 0 spiro atoms. The summed E-state index contributed by atoms with van der Waals surface area (Å²) in [5.41, 5.74) is 1.03. The molecule has 0 aromatic heterocycles. The number of rotatable bonds is 3. The monoisotopic (exact) mass is 344 g/mol. The smallest absolute Gasteiger partial charge is 0.320 e. The number of nitrogens with zero attached hydrogens (tertiary/aromatic N) is 2. The van der Waals surface area contributed by atoms with Crippen molar-refractivity contribution in [2.24, 2.45) is 0 Å². The third-order valence-corrected chi connectivity index (χ3v) is 4.83. The van der Waals surface area contributed by atoms with Crippen LogP contribution in [0.4, 0.5) is 10.5 Å². The lowest BCUT2D eigenvalue weighted by molar-refractivity contribution is -0.140. The maximum absolute atomic E-state index is 12.8. The molecule has 1 aliphatic heterocycles. The van der Waals surface area contributed by atoms with Crippen molar-refractivity contribution in [2.75, 3.05) is 31.5 Å². The van der Waals surface area contributed by atoms with E-state index in [0.717, 1.165) is 5.56 Å². The minimum Gasteiger partial charge on any atom is -0.339 e. The first kappa shape index (κ1) is 17.3. The fourth-order valence-corrected chi connectivity index (χ4v) is 3.06. The first-order valence-corrected chi connectivity index (χ1v) is 8.60. The third-order valence-electron chi connectivity index (χ3n) is 4.83. The van der Waals surface area contributed by atoms with Gasteiger partial charge in [-0.3, -0.25) is 9.59 Å². The number of carbonyl (C=O) groups excluding carboxylic acids is 3. The highest BCUT2D eigenvalue weighted by atomic mass is 16.2. The Labute approximate surface area is 147 Å². The number of benzene rings is 1. The Morgan fingerprint density at radius 1 is 0.960 bits per heavy atom. The van der Waals surface area contributed by atoms with E-state index < -0.39 is 5.54 Å². The average molecular weight is 344 g/mol. The zero-order valence-corrected chi connectivity index (χ0v) is 14.7. The van der Waals surface area contributed by atoms with Crippen molar-refractivity contribution in [1.82, 2.24) is 15.1 Å². The molecule has 2 N–H and O–H groups in total. The lowest BCUT2D eigenvalue weighted by atomic mass is 10.2. The number of hydrogen-bond donors (Lipinski definition) is 2. The number of urea groups is 1. The Hall–Kier alpha value is -2.57. The summed E-state index contributed by atoms with van der Waals surface area (Å²) in [6, 6.07) is 7.14. The fourth-order valence-electron chi connectivity index (χ4n) is 3.06. The zero-order chi connectivity index (χ0) is 18.0. The zero-order valence-electron chi connectivity index (χ0n) is 14.7. The summed E-state index contributed by atoms with van der Waals surface area (Å²) in [7, 11) is 0. The van der Waals surface area contributed by atoms with E-state index in [9.17, 15) is 14.4 Å². The molecule has 25 heavy (non-hydrogen) atoms. The summed E-state index contributed by atoms with van der Waals surface area (Å²) >= 11 is 0. The van der Waals surface area contributed by atoms with Crippen molar-refractivity contribution in [3.05, 3.63) is 29.8 Å². The standard InChI is InChI=1S/C18H24N4O3/c1-13-3-5-15(6-4-13)19-17(25)20-18(7-8-18)16(24)22-11-9-21(10-12-22)14(2)23/h3-6H,7-12H2,1-2H3,(H2,19,20,25). The van der Waals surface area contributed by atoms with Gasteiger partial charge in [-0.15, -0.1) is 0 Å². The molecule has 1 aliphatic carbocycles. The van der Waals surface area contributed by atoms with E-state index >= 15 is 0 Å². The van der Waals surface area contributed by atoms with Crippen LogP contribution in [0.15, 0.2) is 24.3 Å². The van der Waals surface area contributed by atoms with Gasteiger partial charge in [0.05, 0.1) is 0 Å². The SMILES string of the molecule is CC(=O)N1CCN(C(=O)C2(NC(=O)Nc3ccc(C)cc3)CC2)CC1. The molecule has 2 aliphatic rings. The summed E-state index contributed by atoms with van der Waals surface area (Å²) in [5, 5.41) is 5.61. The van der Waals surface area contributed by atoms with Crippen molar-refractivity contribution in [2.45, 2.75) is 32.2 Å². The minimum absolute atomic E-state index is 0.0313. The molecule has 1 aromatic rings. The van der Waals surface area contributed by atoms with Crippen LogP contribution in [0.3, 0.4) is 0 Å². The third kappa shape index (κ3) is 3.92. The van der Waals surface area contributed by atoms with Gasteiger partial charge in [-0.1, -0.05) is 17.7 Å². The number of anilines is 1. The maximum Gasteiger partial charge on any atom is 0.320 e. The Balaban J connectivity index is 1.55. The van der Waals surface area contributed by atoms with Crippen LogP contribution in [0.2, 0.25) is 0 Å². The Kier molecular flexibility index (Phi) is 4.65. The van der Waals surface area contributed by atoms with Crippen molar-refractivity contribution >= 4 is 23.5 Å². The van der Waals surface area contributed by atoms with Gasteiger partial charge in [0.1, 0.15) is 5.54 Å². The summed E-state index contributed by atoms with van der Waals surface area (Å²) in [6.45, 7) is 5.65. The topological polar surface area (TPSA) is 81.8 Å². The van der Waals surface area contributed by atoms with Crippen LogP contribution >= 0.6 is 0 Å². The van der Waals surface area contributed by atoms with Gasteiger partial charge in [0.15, 0.2) is 0 Å². The lowest BCUT2D eigenvalue weighted by Gasteiger charge is -2.36. The molecule has 7 heteroatoms. The molecule has 134 valence electrons. The molecule has 2 fully saturated rings. The molecule has 1 saturated carbocycles. The highest BCUT2D eigenvalue weighted by Crippen LogP contribution is 2.37. The van der Waals surface area contributed by atoms with E-state index in [1.807, 2.05) is 31.2 Å². The molecule has 4 amide bonds.